The summed E-state index contributed by atoms with van der Waals surface area (Å²) in [5, 5.41) is 6.57. The average Bonchev–Trinajstić information content (AvgIpc) is 3.38. The SMILES string of the molecule is CO[C@H]1CCN(c2nccc(Nc3cc(NC4CCOC4)c(C(=O)N4CC(CS(C)(=O)=O)C4)cn3)n2)C[C@H]1F. The van der Waals surface area contributed by atoms with Crippen molar-refractivity contribution >= 4 is 39.0 Å². The molecule has 3 aliphatic heterocycles. The Bertz CT molecular complexity index is 1290. The number of piperidine rings is 1. The van der Waals surface area contributed by atoms with E-state index in [1.807, 2.05) is 0 Å². The fourth-order valence-electron chi connectivity index (χ4n) is 5.15. The highest BCUT2D eigenvalue weighted by molar-refractivity contribution is 7.90. The summed E-state index contributed by atoms with van der Waals surface area (Å²) < 4.78 is 48.3. The molecule has 212 valence electrons. The Morgan fingerprint density at radius 3 is 2.74 bits per heavy atom. The van der Waals surface area contributed by atoms with Crippen LogP contribution in [0, 0.1) is 5.92 Å². The molecule has 1 amide bonds. The van der Waals surface area contributed by atoms with E-state index in [0.29, 0.717) is 68.1 Å². The second-order valence-corrected chi connectivity index (χ2v) is 12.6. The van der Waals surface area contributed by atoms with Gasteiger partial charge in [-0.2, -0.15) is 4.98 Å². The average molecular weight is 564 g/mol. The van der Waals surface area contributed by atoms with E-state index >= 15 is 0 Å². The van der Waals surface area contributed by atoms with Crippen molar-refractivity contribution in [2.24, 2.45) is 5.92 Å². The van der Waals surface area contributed by atoms with Crippen molar-refractivity contribution in [3.63, 3.8) is 0 Å². The normalized spacial score (nSPS) is 23.9. The third-order valence-electron chi connectivity index (χ3n) is 7.17. The third-order valence-corrected chi connectivity index (χ3v) is 8.25. The number of aromatic nitrogens is 3. The van der Waals surface area contributed by atoms with Gasteiger partial charge in [0, 0.05) is 64.0 Å². The van der Waals surface area contributed by atoms with Gasteiger partial charge in [0.05, 0.1) is 42.3 Å². The first-order valence-electron chi connectivity index (χ1n) is 13.0. The van der Waals surface area contributed by atoms with Gasteiger partial charge >= 0.3 is 0 Å². The Kier molecular flexibility index (Phi) is 8.14. The Morgan fingerprint density at radius 2 is 2.05 bits per heavy atom. The molecular formula is C25H34FN7O5S. The maximum Gasteiger partial charge on any atom is 0.257 e. The number of sulfone groups is 1. The number of alkyl halides is 1. The summed E-state index contributed by atoms with van der Waals surface area (Å²) in [7, 11) is -1.58. The van der Waals surface area contributed by atoms with Crippen molar-refractivity contribution in [3.05, 3.63) is 30.1 Å². The van der Waals surface area contributed by atoms with Crippen molar-refractivity contribution < 1.29 is 27.1 Å². The Morgan fingerprint density at radius 1 is 1.23 bits per heavy atom. The van der Waals surface area contributed by atoms with E-state index in [2.05, 4.69) is 25.6 Å². The standard InChI is InChI=1S/C25H34FN7O5S/c1-37-21-4-7-32(13-19(21)26)25-27-6-3-22(31-25)30-23-9-20(29-17-5-8-38-14-17)18(10-28-23)24(34)33-11-16(12-33)15-39(2,35)36/h3,6,9-10,16-17,19,21H,4-5,7-8,11-15H2,1-2H3,(H2,27,28,29,30,31)/t17?,19-,21+/m1/s1. The quantitative estimate of drug-likeness (QED) is 0.459. The van der Waals surface area contributed by atoms with Gasteiger partial charge in [0.1, 0.15) is 27.6 Å². The smallest absolute Gasteiger partial charge is 0.257 e. The van der Waals surface area contributed by atoms with Gasteiger partial charge in [0.2, 0.25) is 5.95 Å². The maximum atomic E-state index is 14.4. The number of rotatable bonds is 9. The Hall–Kier alpha value is -3.10. The molecule has 3 atom stereocenters. The Balaban J connectivity index is 1.31. The second-order valence-electron chi connectivity index (χ2n) is 10.4. The number of carbonyl (C=O) groups excluding carboxylic acids is 1. The van der Waals surface area contributed by atoms with Crippen LogP contribution >= 0.6 is 0 Å². The minimum Gasteiger partial charge on any atom is -0.379 e. The number of nitrogens with zero attached hydrogens (tertiary/aromatic N) is 5. The van der Waals surface area contributed by atoms with E-state index in [0.717, 1.165) is 6.42 Å². The van der Waals surface area contributed by atoms with Gasteiger partial charge in [-0.15, -0.1) is 0 Å². The van der Waals surface area contributed by atoms with Gasteiger partial charge in [-0.3, -0.25) is 4.79 Å². The lowest BCUT2D eigenvalue weighted by atomic mass is 10.0. The van der Waals surface area contributed by atoms with E-state index in [1.54, 1.807) is 28.1 Å². The van der Waals surface area contributed by atoms with Crippen molar-refractivity contribution in [1.82, 2.24) is 19.9 Å². The summed E-state index contributed by atoms with van der Waals surface area (Å²) in [6.45, 7) is 2.68. The van der Waals surface area contributed by atoms with Crippen LogP contribution in [0.5, 0.6) is 0 Å². The van der Waals surface area contributed by atoms with Crippen LogP contribution in [0.15, 0.2) is 24.5 Å². The summed E-state index contributed by atoms with van der Waals surface area (Å²) in [5.74, 6) is 1.17. The molecule has 5 rings (SSSR count). The zero-order valence-corrected chi connectivity index (χ0v) is 22.9. The van der Waals surface area contributed by atoms with Gasteiger partial charge in [0.25, 0.3) is 5.91 Å². The molecular weight excluding hydrogens is 529 g/mol. The van der Waals surface area contributed by atoms with E-state index in [-0.39, 0.29) is 30.2 Å². The molecule has 12 nitrogen and oxygen atoms in total. The monoisotopic (exact) mass is 563 g/mol. The molecule has 0 bridgehead atoms. The highest BCUT2D eigenvalue weighted by atomic mass is 32.2. The van der Waals surface area contributed by atoms with E-state index < -0.39 is 22.1 Å². The third kappa shape index (κ3) is 6.73. The molecule has 14 heteroatoms. The minimum absolute atomic E-state index is 0.0514. The lowest BCUT2D eigenvalue weighted by Crippen LogP contribution is -2.52. The van der Waals surface area contributed by atoms with Gasteiger partial charge in [-0.1, -0.05) is 0 Å². The van der Waals surface area contributed by atoms with Crippen molar-refractivity contribution in [2.45, 2.75) is 31.2 Å². The zero-order valence-electron chi connectivity index (χ0n) is 22.0. The van der Waals surface area contributed by atoms with Crippen LogP contribution in [-0.4, -0.2) is 111 Å². The van der Waals surface area contributed by atoms with Crippen LogP contribution in [0.4, 0.5) is 27.7 Å². The number of hydrogen-bond donors (Lipinski definition) is 2. The number of ether oxygens (including phenoxy) is 2. The van der Waals surface area contributed by atoms with Crippen molar-refractivity contribution in [1.29, 1.82) is 0 Å². The molecule has 0 saturated carbocycles. The first-order chi connectivity index (χ1) is 18.7. The molecule has 0 radical (unpaired) electrons. The predicted molar refractivity (Wildman–Crippen MR) is 144 cm³/mol. The highest BCUT2D eigenvalue weighted by Gasteiger charge is 2.35. The summed E-state index contributed by atoms with van der Waals surface area (Å²) >= 11 is 0. The number of hydrogen-bond acceptors (Lipinski definition) is 11. The number of carbonyl (C=O) groups is 1. The molecule has 39 heavy (non-hydrogen) atoms. The number of halogens is 1. The zero-order chi connectivity index (χ0) is 27.6. The number of nitrogens with one attached hydrogen (secondary N) is 2. The molecule has 0 aliphatic carbocycles. The van der Waals surface area contributed by atoms with Gasteiger partial charge in [-0.05, 0) is 18.9 Å². The molecule has 3 saturated heterocycles. The molecule has 1 unspecified atom stereocenters. The lowest BCUT2D eigenvalue weighted by Gasteiger charge is -2.39. The van der Waals surface area contributed by atoms with Gasteiger partial charge < -0.3 is 29.9 Å². The topological polar surface area (TPSA) is 139 Å². The van der Waals surface area contributed by atoms with Gasteiger partial charge in [0.15, 0.2) is 0 Å². The number of likely N-dealkylation sites (tertiary alicyclic amines) is 1. The molecule has 0 aromatic carbocycles. The number of methoxy groups -OCH3 is 1. The van der Waals surface area contributed by atoms with E-state index in [9.17, 15) is 17.6 Å². The van der Waals surface area contributed by atoms with Crippen LogP contribution in [0.1, 0.15) is 23.2 Å². The highest BCUT2D eigenvalue weighted by Crippen LogP contribution is 2.28. The summed E-state index contributed by atoms with van der Waals surface area (Å²) in [6.07, 6.45) is 4.12. The lowest BCUT2D eigenvalue weighted by molar-refractivity contribution is 0.0194. The fraction of sp³-hybridized carbons (Fsp3) is 0.600. The number of amides is 1. The van der Waals surface area contributed by atoms with Crippen LogP contribution in [0.2, 0.25) is 0 Å². The Labute approximate surface area is 227 Å². The summed E-state index contributed by atoms with van der Waals surface area (Å²) in [4.78, 5) is 30.0. The maximum absolute atomic E-state index is 14.4. The molecule has 2 aromatic heterocycles. The molecule has 3 aliphatic rings. The van der Waals surface area contributed by atoms with Gasteiger partial charge in [-0.25, -0.2) is 22.8 Å². The largest absolute Gasteiger partial charge is 0.379 e. The van der Waals surface area contributed by atoms with Crippen LogP contribution < -0.4 is 15.5 Å². The van der Waals surface area contributed by atoms with Crippen LogP contribution in [0.25, 0.3) is 0 Å². The second kappa shape index (κ2) is 11.6. The predicted octanol–water partition coefficient (Wildman–Crippen LogP) is 1.50. The van der Waals surface area contributed by atoms with E-state index in [1.165, 1.54) is 19.6 Å². The van der Waals surface area contributed by atoms with E-state index in [4.69, 9.17) is 9.47 Å². The first kappa shape index (κ1) is 27.5. The number of pyridine rings is 1. The van der Waals surface area contributed by atoms with Crippen molar-refractivity contribution in [3.8, 4) is 0 Å². The van der Waals surface area contributed by atoms with Crippen LogP contribution in [0.3, 0.4) is 0 Å². The molecule has 0 spiro atoms. The summed E-state index contributed by atoms with van der Waals surface area (Å²) in [5.41, 5.74) is 1.01. The number of anilines is 4. The molecule has 2 aromatic rings. The first-order valence-corrected chi connectivity index (χ1v) is 15.1. The molecule has 3 fully saturated rings. The summed E-state index contributed by atoms with van der Waals surface area (Å²) in [6, 6.07) is 3.50. The minimum atomic E-state index is -3.10. The van der Waals surface area contributed by atoms with Crippen molar-refractivity contribution in [2.75, 3.05) is 74.0 Å². The fourth-order valence-corrected chi connectivity index (χ4v) is 6.22. The molecule has 2 N–H and O–H groups in total. The van der Waals surface area contributed by atoms with Crippen LogP contribution in [-0.2, 0) is 19.3 Å². The molecule has 5 heterocycles.